The Hall–Kier alpha value is -2.64. The first-order chi connectivity index (χ1) is 12.1. The van der Waals surface area contributed by atoms with Crippen LogP contribution in [0.4, 0.5) is 11.5 Å². The number of rotatable bonds is 7. The summed E-state index contributed by atoms with van der Waals surface area (Å²) in [5.74, 6) is 1.37. The smallest absolute Gasteiger partial charge is 0.224 e. The molecule has 25 heavy (non-hydrogen) atoms. The molecule has 1 aliphatic rings. The Kier molecular flexibility index (Phi) is 5.47. The maximum absolute atomic E-state index is 12.0. The quantitative estimate of drug-likeness (QED) is 0.734. The molecule has 3 rings (SSSR count). The van der Waals surface area contributed by atoms with E-state index in [2.05, 4.69) is 30.9 Å². The zero-order valence-electron chi connectivity index (χ0n) is 14.7. The zero-order chi connectivity index (χ0) is 17.6. The van der Waals surface area contributed by atoms with Crippen molar-refractivity contribution in [1.29, 1.82) is 0 Å². The van der Waals surface area contributed by atoms with Gasteiger partial charge in [0.25, 0.3) is 0 Å². The molecule has 0 saturated carbocycles. The standard InChI is InChI=1S/C17H24N6O2/c1-12-15(13(2)25-22-12)10-17(24)19-6-5-18-16-9-14(11-20-21-16)23-7-3-4-8-23/h9,11H,3-8,10H2,1-2H3,(H,18,21)(H,19,24). The van der Waals surface area contributed by atoms with Gasteiger partial charge >= 0.3 is 0 Å². The molecule has 8 nitrogen and oxygen atoms in total. The minimum absolute atomic E-state index is 0.0481. The predicted molar refractivity (Wildman–Crippen MR) is 94.7 cm³/mol. The van der Waals surface area contributed by atoms with Crippen LogP contribution in [0.5, 0.6) is 0 Å². The molecule has 2 aromatic heterocycles. The SMILES string of the molecule is Cc1noc(C)c1CC(=O)NCCNc1cc(N2CCCC2)cnn1. The monoisotopic (exact) mass is 344 g/mol. The average molecular weight is 344 g/mol. The van der Waals surface area contributed by atoms with E-state index in [9.17, 15) is 4.79 Å². The maximum Gasteiger partial charge on any atom is 0.224 e. The molecule has 0 unspecified atom stereocenters. The van der Waals surface area contributed by atoms with Crippen molar-refractivity contribution in [2.24, 2.45) is 0 Å². The Bertz CT molecular complexity index is 704. The van der Waals surface area contributed by atoms with Crippen LogP contribution in [-0.2, 0) is 11.2 Å². The summed E-state index contributed by atoms with van der Waals surface area (Å²) in [7, 11) is 0. The van der Waals surface area contributed by atoms with Gasteiger partial charge in [-0.05, 0) is 26.7 Å². The van der Waals surface area contributed by atoms with E-state index in [1.165, 1.54) is 12.8 Å². The lowest BCUT2D eigenvalue weighted by Crippen LogP contribution is -2.30. The van der Waals surface area contributed by atoms with E-state index >= 15 is 0 Å². The highest BCUT2D eigenvalue weighted by Crippen LogP contribution is 2.20. The molecule has 0 aromatic carbocycles. The van der Waals surface area contributed by atoms with Crippen LogP contribution in [0, 0.1) is 13.8 Å². The topological polar surface area (TPSA) is 96.2 Å². The van der Waals surface area contributed by atoms with E-state index < -0.39 is 0 Å². The van der Waals surface area contributed by atoms with Gasteiger partial charge in [0.2, 0.25) is 5.91 Å². The lowest BCUT2D eigenvalue weighted by molar-refractivity contribution is -0.120. The fourth-order valence-corrected chi connectivity index (χ4v) is 2.96. The average Bonchev–Trinajstić information content (AvgIpc) is 3.25. The number of carbonyl (C=O) groups excluding carboxylic acids is 1. The van der Waals surface area contributed by atoms with Gasteiger partial charge < -0.3 is 20.1 Å². The third kappa shape index (κ3) is 4.46. The summed E-state index contributed by atoms with van der Waals surface area (Å²) >= 11 is 0. The van der Waals surface area contributed by atoms with Crippen LogP contribution in [0.15, 0.2) is 16.8 Å². The fraction of sp³-hybridized carbons (Fsp3) is 0.529. The minimum Gasteiger partial charge on any atom is -0.370 e. The van der Waals surface area contributed by atoms with Gasteiger partial charge in [0, 0.05) is 37.8 Å². The number of aryl methyl sites for hydroxylation is 2. The number of anilines is 2. The second-order valence-corrected chi connectivity index (χ2v) is 6.25. The van der Waals surface area contributed by atoms with Gasteiger partial charge in [0.05, 0.1) is 24.0 Å². The summed E-state index contributed by atoms with van der Waals surface area (Å²) in [5, 5.41) is 18.1. The Balaban J connectivity index is 1.42. The molecule has 1 saturated heterocycles. The molecular formula is C17H24N6O2. The van der Waals surface area contributed by atoms with E-state index in [-0.39, 0.29) is 12.3 Å². The van der Waals surface area contributed by atoms with Crippen LogP contribution in [-0.4, -0.2) is 47.4 Å². The van der Waals surface area contributed by atoms with Crippen molar-refractivity contribution in [3.8, 4) is 0 Å². The number of aromatic nitrogens is 3. The van der Waals surface area contributed by atoms with Crippen molar-refractivity contribution in [1.82, 2.24) is 20.7 Å². The maximum atomic E-state index is 12.0. The van der Waals surface area contributed by atoms with Crippen LogP contribution in [0.1, 0.15) is 29.9 Å². The molecule has 2 N–H and O–H groups in total. The summed E-state index contributed by atoms with van der Waals surface area (Å²) in [6, 6.07) is 2.00. The normalized spacial score (nSPS) is 13.9. The van der Waals surface area contributed by atoms with Crippen LogP contribution < -0.4 is 15.5 Å². The van der Waals surface area contributed by atoms with Crippen molar-refractivity contribution in [3.63, 3.8) is 0 Å². The molecule has 134 valence electrons. The van der Waals surface area contributed by atoms with Gasteiger partial charge in [0.15, 0.2) is 5.82 Å². The van der Waals surface area contributed by atoms with Gasteiger partial charge in [0.1, 0.15) is 5.76 Å². The first-order valence-corrected chi connectivity index (χ1v) is 8.63. The highest BCUT2D eigenvalue weighted by Gasteiger charge is 2.14. The van der Waals surface area contributed by atoms with Gasteiger partial charge in [-0.15, -0.1) is 5.10 Å². The molecule has 0 atom stereocenters. The number of nitrogens with one attached hydrogen (secondary N) is 2. The number of hydrogen-bond acceptors (Lipinski definition) is 7. The number of amides is 1. The molecule has 1 aliphatic heterocycles. The van der Waals surface area contributed by atoms with E-state index in [4.69, 9.17) is 4.52 Å². The van der Waals surface area contributed by atoms with Crippen LogP contribution in [0.3, 0.4) is 0 Å². The van der Waals surface area contributed by atoms with Gasteiger partial charge in [-0.2, -0.15) is 5.10 Å². The molecule has 2 aromatic rings. The van der Waals surface area contributed by atoms with Crippen molar-refractivity contribution < 1.29 is 9.32 Å². The highest BCUT2D eigenvalue weighted by atomic mass is 16.5. The van der Waals surface area contributed by atoms with Crippen LogP contribution in [0.2, 0.25) is 0 Å². The third-order valence-electron chi connectivity index (χ3n) is 4.38. The second kappa shape index (κ2) is 7.96. The fourth-order valence-electron chi connectivity index (χ4n) is 2.96. The van der Waals surface area contributed by atoms with Gasteiger partial charge in [-0.3, -0.25) is 4.79 Å². The molecule has 1 fully saturated rings. The van der Waals surface area contributed by atoms with E-state index in [0.717, 1.165) is 35.9 Å². The number of carbonyl (C=O) groups is 1. The largest absolute Gasteiger partial charge is 0.370 e. The minimum atomic E-state index is -0.0481. The number of nitrogens with zero attached hydrogens (tertiary/aromatic N) is 4. The van der Waals surface area contributed by atoms with Crippen molar-refractivity contribution in [2.75, 3.05) is 36.4 Å². The zero-order valence-corrected chi connectivity index (χ0v) is 14.7. The number of hydrogen-bond donors (Lipinski definition) is 2. The highest BCUT2D eigenvalue weighted by molar-refractivity contribution is 5.79. The molecule has 1 amide bonds. The summed E-state index contributed by atoms with van der Waals surface area (Å²) in [5.41, 5.74) is 2.71. The Morgan fingerprint density at radius 3 is 2.80 bits per heavy atom. The molecule has 0 spiro atoms. The van der Waals surface area contributed by atoms with E-state index in [1.54, 1.807) is 6.20 Å². The molecular weight excluding hydrogens is 320 g/mol. The lowest BCUT2D eigenvalue weighted by Gasteiger charge is -2.17. The van der Waals surface area contributed by atoms with Gasteiger partial charge in [-0.1, -0.05) is 5.16 Å². The summed E-state index contributed by atoms with van der Waals surface area (Å²) in [6.45, 7) is 6.90. The Morgan fingerprint density at radius 1 is 1.28 bits per heavy atom. The molecule has 0 aliphatic carbocycles. The van der Waals surface area contributed by atoms with Crippen molar-refractivity contribution in [3.05, 3.63) is 29.3 Å². The predicted octanol–water partition coefficient (Wildman–Crippen LogP) is 1.45. The third-order valence-corrected chi connectivity index (χ3v) is 4.38. The Labute approximate surface area is 147 Å². The summed E-state index contributed by atoms with van der Waals surface area (Å²) in [6.07, 6.45) is 4.53. The molecule has 0 bridgehead atoms. The molecule has 0 radical (unpaired) electrons. The second-order valence-electron chi connectivity index (χ2n) is 6.25. The van der Waals surface area contributed by atoms with E-state index in [1.807, 2.05) is 19.9 Å². The summed E-state index contributed by atoms with van der Waals surface area (Å²) in [4.78, 5) is 14.3. The van der Waals surface area contributed by atoms with Crippen molar-refractivity contribution >= 4 is 17.4 Å². The van der Waals surface area contributed by atoms with E-state index in [0.29, 0.717) is 18.8 Å². The van der Waals surface area contributed by atoms with Crippen molar-refractivity contribution in [2.45, 2.75) is 33.1 Å². The van der Waals surface area contributed by atoms with Crippen LogP contribution in [0.25, 0.3) is 0 Å². The van der Waals surface area contributed by atoms with Crippen LogP contribution >= 0.6 is 0 Å². The first kappa shape index (κ1) is 17.2. The Morgan fingerprint density at radius 2 is 2.08 bits per heavy atom. The summed E-state index contributed by atoms with van der Waals surface area (Å²) < 4.78 is 5.07. The molecule has 8 heteroatoms. The molecule has 3 heterocycles. The van der Waals surface area contributed by atoms with Gasteiger partial charge in [-0.25, -0.2) is 0 Å². The lowest BCUT2D eigenvalue weighted by atomic mass is 10.1. The first-order valence-electron chi connectivity index (χ1n) is 8.63.